The van der Waals surface area contributed by atoms with Crippen LogP contribution in [0.4, 0.5) is 18.9 Å². The molecular formula is C13H16F3N3O. The van der Waals surface area contributed by atoms with Gasteiger partial charge in [0.1, 0.15) is 5.82 Å². The Hall–Kier alpha value is -1.92. The van der Waals surface area contributed by atoms with Gasteiger partial charge in [0, 0.05) is 11.3 Å². The van der Waals surface area contributed by atoms with E-state index in [2.05, 4.69) is 4.99 Å². The van der Waals surface area contributed by atoms with Crippen LogP contribution in [0.2, 0.25) is 0 Å². The van der Waals surface area contributed by atoms with Crippen molar-refractivity contribution in [1.82, 2.24) is 0 Å². The number of benzene rings is 1. The summed E-state index contributed by atoms with van der Waals surface area (Å²) in [5.74, 6) is -4.31. The standard InChI is InChI=1S/C13H16F3N3O/c1-11(2)13(15,16)12(3,19-10(18)20-11)8-6-7(17)4-5-9(8)14/h4-6H,17H2,1-3H3,(H2,18,19). The first kappa shape index (κ1) is 14.5. The number of halogens is 3. The zero-order valence-electron chi connectivity index (χ0n) is 11.4. The van der Waals surface area contributed by atoms with Crippen LogP contribution in [0, 0.1) is 5.82 Å². The normalized spacial score (nSPS) is 27.6. The van der Waals surface area contributed by atoms with Crippen molar-refractivity contribution in [3.8, 4) is 0 Å². The van der Waals surface area contributed by atoms with Crippen molar-refractivity contribution >= 4 is 11.7 Å². The minimum absolute atomic E-state index is 0.163. The molecule has 7 heteroatoms. The highest BCUT2D eigenvalue weighted by atomic mass is 19.3. The SMILES string of the molecule is CC1(C)OC(N)=NC(C)(c2cc(N)ccc2F)C1(F)F. The molecule has 0 saturated carbocycles. The maximum atomic E-state index is 14.7. The van der Waals surface area contributed by atoms with E-state index in [9.17, 15) is 13.2 Å². The fourth-order valence-corrected chi connectivity index (χ4v) is 2.37. The van der Waals surface area contributed by atoms with Gasteiger partial charge < -0.3 is 16.2 Å². The van der Waals surface area contributed by atoms with Gasteiger partial charge in [0.05, 0.1) is 0 Å². The number of nitrogens with two attached hydrogens (primary N) is 2. The molecule has 1 aromatic rings. The summed E-state index contributed by atoms with van der Waals surface area (Å²) in [7, 11) is 0. The Morgan fingerprint density at radius 2 is 1.75 bits per heavy atom. The highest BCUT2D eigenvalue weighted by Gasteiger charge is 2.66. The van der Waals surface area contributed by atoms with E-state index < -0.39 is 28.9 Å². The number of nitrogen functional groups attached to an aromatic ring is 1. The summed E-state index contributed by atoms with van der Waals surface area (Å²) in [6.07, 6.45) is 0. The second-order valence-electron chi connectivity index (χ2n) is 5.45. The van der Waals surface area contributed by atoms with Crippen molar-refractivity contribution < 1.29 is 17.9 Å². The smallest absolute Gasteiger partial charge is 0.315 e. The zero-order valence-corrected chi connectivity index (χ0v) is 11.4. The van der Waals surface area contributed by atoms with Gasteiger partial charge in [-0.2, -0.15) is 8.78 Å². The van der Waals surface area contributed by atoms with E-state index in [1.54, 1.807) is 0 Å². The number of hydrogen-bond donors (Lipinski definition) is 2. The molecule has 1 heterocycles. The maximum absolute atomic E-state index is 14.7. The molecule has 20 heavy (non-hydrogen) atoms. The summed E-state index contributed by atoms with van der Waals surface area (Å²) in [6.45, 7) is 3.47. The molecule has 1 aliphatic heterocycles. The predicted molar refractivity (Wildman–Crippen MR) is 69.9 cm³/mol. The molecule has 4 nitrogen and oxygen atoms in total. The van der Waals surface area contributed by atoms with Crippen molar-refractivity contribution in [1.29, 1.82) is 0 Å². The van der Waals surface area contributed by atoms with Gasteiger partial charge in [0.25, 0.3) is 6.02 Å². The number of nitrogens with zero attached hydrogens (tertiary/aromatic N) is 1. The number of amidine groups is 1. The van der Waals surface area contributed by atoms with E-state index in [4.69, 9.17) is 16.2 Å². The number of alkyl halides is 2. The van der Waals surface area contributed by atoms with Crippen LogP contribution in [0.5, 0.6) is 0 Å². The van der Waals surface area contributed by atoms with Gasteiger partial charge in [0.2, 0.25) is 0 Å². The largest absolute Gasteiger partial charge is 0.453 e. The quantitative estimate of drug-likeness (QED) is 0.779. The molecule has 0 fully saturated rings. The zero-order chi connectivity index (χ0) is 15.3. The van der Waals surface area contributed by atoms with Crippen LogP contribution in [-0.4, -0.2) is 17.5 Å². The maximum Gasteiger partial charge on any atom is 0.315 e. The summed E-state index contributed by atoms with van der Waals surface area (Å²) < 4.78 is 48.3. The topological polar surface area (TPSA) is 73.6 Å². The summed E-state index contributed by atoms with van der Waals surface area (Å²) in [6, 6.07) is 3.05. The lowest BCUT2D eigenvalue weighted by Gasteiger charge is -2.46. The minimum atomic E-state index is -3.49. The summed E-state index contributed by atoms with van der Waals surface area (Å²) >= 11 is 0. The van der Waals surface area contributed by atoms with Gasteiger partial charge in [-0.15, -0.1) is 0 Å². The molecule has 110 valence electrons. The number of aliphatic imine (C=N–C) groups is 1. The fourth-order valence-electron chi connectivity index (χ4n) is 2.37. The lowest BCUT2D eigenvalue weighted by atomic mass is 9.77. The summed E-state index contributed by atoms with van der Waals surface area (Å²) in [4.78, 5) is 3.66. The number of anilines is 1. The van der Waals surface area contributed by atoms with Crippen LogP contribution < -0.4 is 11.5 Å². The molecule has 0 saturated heterocycles. The molecule has 0 amide bonds. The Morgan fingerprint density at radius 1 is 1.15 bits per heavy atom. The molecule has 2 rings (SSSR count). The van der Waals surface area contributed by atoms with E-state index in [-0.39, 0.29) is 11.3 Å². The van der Waals surface area contributed by atoms with Gasteiger partial charge in [0.15, 0.2) is 11.1 Å². The Bertz CT molecular complexity index is 586. The minimum Gasteiger partial charge on any atom is -0.453 e. The van der Waals surface area contributed by atoms with Crippen molar-refractivity contribution in [3.63, 3.8) is 0 Å². The molecule has 0 aliphatic carbocycles. The van der Waals surface area contributed by atoms with E-state index in [0.717, 1.165) is 19.1 Å². The van der Waals surface area contributed by atoms with Crippen LogP contribution in [-0.2, 0) is 10.3 Å². The van der Waals surface area contributed by atoms with Crippen molar-refractivity contribution in [2.24, 2.45) is 10.7 Å². The predicted octanol–water partition coefficient (Wildman–Crippen LogP) is 2.38. The van der Waals surface area contributed by atoms with Crippen LogP contribution in [0.3, 0.4) is 0 Å². The third-order valence-electron chi connectivity index (χ3n) is 3.58. The number of hydrogen-bond acceptors (Lipinski definition) is 4. The second-order valence-corrected chi connectivity index (χ2v) is 5.45. The van der Waals surface area contributed by atoms with Crippen molar-refractivity contribution in [2.75, 3.05) is 5.73 Å². The molecule has 0 aromatic heterocycles. The van der Waals surface area contributed by atoms with E-state index in [1.165, 1.54) is 19.9 Å². The highest BCUT2D eigenvalue weighted by Crippen LogP contribution is 2.51. The first-order chi connectivity index (χ1) is 9.01. The molecular weight excluding hydrogens is 271 g/mol. The third-order valence-corrected chi connectivity index (χ3v) is 3.58. The van der Waals surface area contributed by atoms with E-state index >= 15 is 0 Å². The molecule has 4 N–H and O–H groups in total. The lowest BCUT2D eigenvalue weighted by molar-refractivity contribution is -0.207. The van der Waals surface area contributed by atoms with E-state index in [1.807, 2.05) is 0 Å². The average Bonchev–Trinajstić information content (AvgIpc) is 2.29. The van der Waals surface area contributed by atoms with Gasteiger partial charge in [-0.05, 0) is 39.0 Å². The van der Waals surface area contributed by atoms with Gasteiger partial charge in [-0.25, -0.2) is 9.38 Å². The first-order valence-corrected chi connectivity index (χ1v) is 5.99. The fraction of sp³-hybridized carbons (Fsp3) is 0.462. The van der Waals surface area contributed by atoms with Crippen molar-refractivity contribution in [2.45, 2.75) is 37.8 Å². The summed E-state index contributed by atoms with van der Waals surface area (Å²) in [5.41, 5.74) is 6.76. The van der Waals surface area contributed by atoms with Crippen LogP contribution in [0.15, 0.2) is 23.2 Å². The number of rotatable bonds is 1. The number of ether oxygens (including phenoxy) is 1. The molecule has 1 aromatic carbocycles. The molecule has 0 radical (unpaired) electrons. The lowest BCUT2D eigenvalue weighted by Crippen LogP contribution is -2.62. The van der Waals surface area contributed by atoms with Crippen LogP contribution in [0.1, 0.15) is 26.3 Å². The Kier molecular flexibility index (Phi) is 2.92. The van der Waals surface area contributed by atoms with Crippen LogP contribution in [0.25, 0.3) is 0 Å². The van der Waals surface area contributed by atoms with Gasteiger partial charge >= 0.3 is 5.92 Å². The van der Waals surface area contributed by atoms with Crippen molar-refractivity contribution in [3.05, 3.63) is 29.6 Å². The molecule has 0 spiro atoms. The second kappa shape index (κ2) is 4.04. The van der Waals surface area contributed by atoms with Gasteiger partial charge in [-0.1, -0.05) is 0 Å². The van der Waals surface area contributed by atoms with E-state index in [0.29, 0.717) is 0 Å². The molecule has 0 bridgehead atoms. The monoisotopic (exact) mass is 287 g/mol. The Labute approximate surface area is 114 Å². The molecule has 1 aliphatic rings. The Balaban J connectivity index is 2.74. The first-order valence-electron chi connectivity index (χ1n) is 5.99. The third kappa shape index (κ3) is 1.80. The summed E-state index contributed by atoms with van der Waals surface area (Å²) in [5, 5.41) is 0. The van der Waals surface area contributed by atoms with Gasteiger partial charge in [-0.3, -0.25) is 0 Å². The average molecular weight is 287 g/mol. The molecule has 1 unspecified atom stereocenters. The highest BCUT2D eigenvalue weighted by molar-refractivity contribution is 5.74. The van der Waals surface area contributed by atoms with Crippen LogP contribution >= 0.6 is 0 Å². The Morgan fingerprint density at radius 3 is 2.35 bits per heavy atom. The molecule has 1 atom stereocenters.